The Morgan fingerprint density at radius 2 is 2.10 bits per heavy atom. The van der Waals surface area contributed by atoms with E-state index in [1.807, 2.05) is 6.92 Å². The second-order valence-electron chi connectivity index (χ2n) is 7.38. The van der Waals surface area contributed by atoms with Gasteiger partial charge in [0.05, 0.1) is 22.4 Å². The van der Waals surface area contributed by atoms with Crippen LogP contribution in [0.2, 0.25) is 4.34 Å². The van der Waals surface area contributed by atoms with Crippen molar-refractivity contribution in [2.24, 2.45) is 0 Å². The molecular formula is C21H24ClN3O5S. The van der Waals surface area contributed by atoms with E-state index in [1.54, 1.807) is 42.2 Å². The van der Waals surface area contributed by atoms with E-state index < -0.39 is 17.4 Å². The lowest BCUT2D eigenvalue weighted by molar-refractivity contribution is -0.125. The minimum Gasteiger partial charge on any atom is -0.382 e. The van der Waals surface area contributed by atoms with E-state index in [2.05, 4.69) is 10.6 Å². The molecule has 1 saturated heterocycles. The molecule has 2 heterocycles. The summed E-state index contributed by atoms with van der Waals surface area (Å²) < 4.78 is 10.8. The molecule has 1 fully saturated rings. The number of nitrogens with one attached hydrogen (secondary N) is 2. The first kappa shape index (κ1) is 23.2. The monoisotopic (exact) mass is 465 g/mol. The number of methoxy groups -OCH3 is 1. The summed E-state index contributed by atoms with van der Waals surface area (Å²) in [6.07, 6.45) is 0. The van der Waals surface area contributed by atoms with Gasteiger partial charge in [0.2, 0.25) is 0 Å². The zero-order valence-corrected chi connectivity index (χ0v) is 19.1. The van der Waals surface area contributed by atoms with Gasteiger partial charge in [0, 0.05) is 25.0 Å². The molecule has 0 bridgehead atoms. The zero-order valence-electron chi connectivity index (χ0n) is 17.5. The van der Waals surface area contributed by atoms with Crippen LogP contribution < -0.4 is 15.5 Å². The number of rotatable bonds is 7. The van der Waals surface area contributed by atoms with Crippen molar-refractivity contribution < 1.29 is 23.9 Å². The molecule has 0 spiro atoms. The molecule has 10 heteroatoms. The molecule has 3 rings (SSSR count). The molecule has 1 aromatic carbocycles. The SMILES string of the molecule is COC[C@](C)(NC(=O)c1ccc(Cl)s1)C(=O)Nc1ccc(N2CCOCC2=O)c(C)c1. The van der Waals surface area contributed by atoms with E-state index >= 15 is 0 Å². The number of anilines is 2. The molecular weight excluding hydrogens is 442 g/mol. The molecule has 166 valence electrons. The summed E-state index contributed by atoms with van der Waals surface area (Å²) in [4.78, 5) is 39.8. The predicted molar refractivity (Wildman–Crippen MR) is 120 cm³/mol. The van der Waals surface area contributed by atoms with E-state index in [-0.39, 0.29) is 19.1 Å². The van der Waals surface area contributed by atoms with Gasteiger partial charge < -0.3 is 25.0 Å². The van der Waals surface area contributed by atoms with Gasteiger partial charge in [-0.25, -0.2) is 0 Å². The molecule has 0 saturated carbocycles. The van der Waals surface area contributed by atoms with Gasteiger partial charge in [-0.05, 0) is 49.7 Å². The minimum atomic E-state index is -1.31. The summed E-state index contributed by atoms with van der Waals surface area (Å²) in [6, 6.07) is 8.51. The third kappa shape index (κ3) is 5.43. The van der Waals surface area contributed by atoms with Crippen LogP contribution in [0.1, 0.15) is 22.2 Å². The number of amides is 3. The summed E-state index contributed by atoms with van der Waals surface area (Å²) >= 11 is 7.03. The second-order valence-corrected chi connectivity index (χ2v) is 9.09. The molecule has 8 nitrogen and oxygen atoms in total. The summed E-state index contributed by atoms with van der Waals surface area (Å²) in [6.45, 7) is 4.45. The number of thiophene rings is 1. The predicted octanol–water partition coefficient (Wildman–Crippen LogP) is 2.85. The van der Waals surface area contributed by atoms with Crippen LogP contribution in [0.15, 0.2) is 30.3 Å². The highest BCUT2D eigenvalue weighted by atomic mass is 35.5. The molecule has 0 unspecified atom stereocenters. The average molecular weight is 466 g/mol. The third-order valence-electron chi connectivity index (χ3n) is 4.85. The number of nitrogens with zero attached hydrogens (tertiary/aromatic N) is 1. The fourth-order valence-corrected chi connectivity index (χ4v) is 4.21. The maximum absolute atomic E-state index is 13.0. The van der Waals surface area contributed by atoms with Crippen LogP contribution in [-0.2, 0) is 19.1 Å². The van der Waals surface area contributed by atoms with E-state index in [9.17, 15) is 14.4 Å². The first-order valence-electron chi connectivity index (χ1n) is 9.60. The van der Waals surface area contributed by atoms with Gasteiger partial charge >= 0.3 is 0 Å². The molecule has 0 aliphatic carbocycles. The van der Waals surface area contributed by atoms with Crippen LogP contribution >= 0.6 is 22.9 Å². The van der Waals surface area contributed by atoms with Gasteiger partial charge in [-0.2, -0.15) is 0 Å². The highest BCUT2D eigenvalue weighted by molar-refractivity contribution is 7.18. The Kier molecular flexibility index (Phi) is 7.32. The van der Waals surface area contributed by atoms with Crippen molar-refractivity contribution in [1.29, 1.82) is 0 Å². The number of benzene rings is 1. The number of hydrogen-bond donors (Lipinski definition) is 2. The Morgan fingerprint density at radius 3 is 2.71 bits per heavy atom. The van der Waals surface area contributed by atoms with Crippen LogP contribution in [0, 0.1) is 6.92 Å². The Morgan fingerprint density at radius 1 is 1.32 bits per heavy atom. The number of halogens is 1. The number of morpholine rings is 1. The molecule has 2 N–H and O–H groups in total. The van der Waals surface area contributed by atoms with E-state index in [4.69, 9.17) is 21.1 Å². The summed E-state index contributed by atoms with van der Waals surface area (Å²) in [5, 5.41) is 5.56. The quantitative estimate of drug-likeness (QED) is 0.655. The van der Waals surface area contributed by atoms with Gasteiger partial charge in [0.25, 0.3) is 17.7 Å². The summed E-state index contributed by atoms with van der Waals surface area (Å²) in [7, 11) is 1.46. The molecule has 1 aromatic heterocycles. The topological polar surface area (TPSA) is 97.0 Å². The fraction of sp³-hybridized carbons (Fsp3) is 0.381. The minimum absolute atomic E-state index is 0.0248. The summed E-state index contributed by atoms with van der Waals surface area (Å²) in [5.74, 6) is -0.945. The lowest BCUT2D eigenvalue weighted by atomic mass is 10.0. The standard InChI is InChI=1S/C21H24ClN3O5S/c1-13-10-14(4-5-15(13)25-8-9-30-11-18(25)26)23-20(28)21(2,12-29-3)24-19(27)16-6-7-17(22)31-16/h4-7,10H,8-9,11-12H2,1-3H3,(H,23,28)(H,24,27)/t21-/m0/s1. The number of aryl methyl sites for hydroxylation is 1. The Balaban J connectivity index is 1.74. The van der Waals surface area contributed by atoms with Crippen molar-refractivity contribution in [2.75, 3.05) is 43.7 Å². The van der Waals surface area contributed by atoms with Crippen molar-refractivity contribution in [2.45, 2.75) is 19.4 Å². The molecule has 1 aliphatic rings. The Labute approximate surface area is 189 Å². The highest BCUT2D eigenvalue weighted by Crippen LogP contribution is 2.26. The van der Waals surface area contributed by atoms with Gasteiger partial charge in [0.1, 0.15) is 12.1 Å². The second kappa shape index (κ2) is 9.78. The van der Waals surface area contributed by atoms with Crippen LogP contribution in [0.4, 0.5) is 11.4 Å². The van der Waals surface area contributed by atoms with Crippen molar-refractivity contribution in [3.8, 4) is 0 Å². The number of carbonyl (C=O) groups excluding carboxylic acids is 3. The molecule has 0 radical (unpaired) electrons. The highest BCUT2D eigenvalue weighted by Gasteiger charge is 2.36. The van der Waals surface area contributed by atoms with Gasteiger partial charge in [0.15, 0.2) is 0 Å². The fourth-order valence-electron chi connectivity index (χ4n) is 3.27. The van der Waals surface area contributed by atoms with E-state index in [1.165, 1.54) is 7.11 Å². The van der Waals surface area contributed by atoms with Crippen molar-refractivity contribution >= 4 is 52.0 Å². The number of hydrogen-bond acceptors (Lipinski definition) is 6. The third-order valence-corrected chi connectivity index (χ3v) is 6.08. The van der Waals surface area contributed by atoms with Gasteiger partial charge in [-0.1, -0.05) is 11.6 Å². The zero-order chi connectivity index (χ0) is 22.6. The lowest BCUT2D eigenvalue weighted by Gasteiger charge is -2.30. The molecule has 31 heavy (non-hydrogen) atoms. The van der Waals surface area contributed by atoms with Crippen molar-refractivity contribution in [3.63, 3.8) is 0 Å². The first-order chi connectivity index (χ1) is 14.7. The van der Waals surface area contributed by atoms with E-state index in [0.717, 1.165) is 22.6 Å². The van der Waals surface area contributed by atoms with Gasteiger partial charge in [-0.3, -0.25) is 14.4 Å². The number of ether oxygens (including phenoxy) is 2. The molecule has 1 aliphatic heterocycles. The Bertz CT molecular complexity index is 995. The Hall–Kier alpha value is -2.46. The molecule has 3 amide bonds. The summed E-state index contributed by atoms with van der Waals surface area (Å²) in [5.41, 5.74) is 0.838. The average Bonchev–Trinajstić information content (AvgIpc) is 3.15. The van der Waals surface area contributed by atoms with Crippen molar-refractivity contribution in [1.82, 2.24) is 5.32 Å². The number of carbonyl (C=O) groups is 3. The van der Waals surface area contributed by atoms with Crippen LogP contribution in [-0.4, -0.2) is 56.7 Å². The normalized spacial score (nSPS) is 16.0. The maximum atomic E-state index is 13.0. The molecule has 1 atom stereocenters. The van der Waals surface area contributed by atoms with Gasteiger partial charge in [-0.15, -0.1) is 11.3 Å². The van der Waals surface area contributed by atoms with Crippen LogP contribution in [0.3, 0.4) is 0 Å². The lowest BCUT2D eigenvalue weighted by Crippen LogP contribution is -2.57. The smallest absolute Gasteiger partial charge is 0.262 e. The van der Waals surface area contributed by atoms with E-state index in [0.29, 0.717) is 28.1 Å². The molecule has 2 aromatic rings. The van der Waals surface area contributed by atoms with Crippen LogP contribution in [0.5, 0.6) is 0 Å². The maximum Gasteiger partial charge on any atom is 0.262 e. The van der Waals surface area contributed by atoms with Crippen LogP contribution in [0.25, 0.3) is 0 Å². The van der Waals surface area contributed by atoms with Crippen molar-refractivity contribution in [3.05, 3.63) is 45.1 Å². The largest absolute Gasteiger partial charge is 0.382 e. The first-order valence-corrected chi connectivity index (χ1v) is 10.8.